The molecule has 0 radical (unpaired) electrons. The van der Waals surface area contributed by atoms with Gasteiger partial charge in [-0.05, 0) is 37.0 Å². The van der Waals surface area contributed by atoms with Gasteiger partial charge in [0.05, 0.1) is 35.7 Å². The van der Waals surface area contributed by atoms with Gasteiger partial charge in [0.1, 0.15) is 11.3 Å². The normalized spacial score (nSPS) is 16.9. The lowest BCUT2D eigenvalue weighted by Gasteiger charge is -2.15. The molecule has 1 aliphatic heterocycles. The minimum Gasteiger partial charge on any atom is -0.379 e. The van der Waals surface area contributed by atoms with E-state index in [4.69, 9.17) is 14.7 Å². The molecule has 5 rings (SSSR count). The third-order valence-electron chi connectivity index (χ3n) is 4.83. The van der Waals surface area contributed by atoms with Crippen molar-refractivity contribution >= 4 is 28.4 Å². The molecule has 1 atom stereocenters. The van der Waals surface area contributed by atoms with Gasteiger partial charge in [0.25, 0.3) is 0 Å². The summed E-state index contributed by atoms with van der Waals surface area (Å²) in [6, 6.07) is 4.38. The van der Waals surface area contributed by atoms with Crippen LogP contribution >= 0.6 is 11.5 Å². The number of hydrogen-bond donors (Lipinski definition) is 1. The van der Waals surface area contributed by atoms with E-state index >= 15 is 0 Å². The summed E-state index contributed by atoms with van der Waals surface area (Å²) < 4.78 is 13.8. The minimum atomic E-state index is 0.258. The fraction of sp³-hybridized carbons (Fsp3) is 0.368. The van der Waals surface area contributed by atoms with Crippen molar-refractivity contribution in [3.8, 4) is 5.69 Å². The second kappa shape index (κ2) is 6.99. The SMILES string of the molecule is Cc1cc(Cc2nc(N[C@@H]3CCOC3)c3c(ccn3-c3cnn(C)c3)n2)sn1. The Labute approximate surface area is 166 Å². The molecule has 0 amide bonds. The molecule has 4 aromatic heterocycles. The number of ether oxygens (including phenoxy) is 1. The molecule has 4 aromatic rings. The van der Waals surface area contributed by atoms with Crippen molar-refractivity contribution in [2.75, 3.05) is 18.5 Å². The molecule has 144 valence electrons. The Morgan fingerprint density at radius 1 is 1.36 bits per heavy atom. The van der Waals surface area contributed by atoms with Crippen LogP contribution in [0.5, 0.6) is 0 Å². The van der Waals surface area contributed by atoms with Crippen molar-refractivity contribution in [3.63, 3.8) is 0 Å². The van der Waals surface area contributed by atoms with Gasteiger partial charge in [-0.1, -0.05) is 0 Å². The highest BCUT2D eigenvalue weighted by molar-refractivity contribution is 7.05. The Balaban J connectivity index is 1.59. The number of hydrogen-bond acceptors (Lipinski definition) is 7. The fourth-order valence-corrected chi connectivity index (χ4v) is 4.25. The van der Waals surface area contributed by atoms with E-state index in [1.807, 2.05) is 38.6 Å². The van der Waals surface area contributed by atoms with Crippen LogP contribution in [0.25, 0.3) is 16.7 Å². The highest BCUT2D eigenvalue weighted by Gasteiger charge is 2.20. The van der Waals surface area contributed by atoms with E-state index < -0.39 is 0 Å². The van der Waals surface area contributed by atoms with Gasteiger partial charge in [0.2, 0.25) is 0 Å². The number of aromatic nitrogens is 6. The first kappa shape index (κ1) is 17.3. The maximum atomic E-state index is 5.54. The molecule has 1 N–H and O–H groups in total. The average molecular weight is 395 g/mol. The fourth-order valence-electron chi connectivity index (χ4n) is 3.52. The van der Waals surface area contributed by atoms with Crippen LogP contribution in [0.1, 0.15) is 22.8 Å². The standard InChI is InChI=1S/C19H21N7OS/c1-12-7-15(28-24-12)8-17-22-16-3-5-26(14-9-20-25(2)10-14)18(16)19(23-17)21-13-4-6-27-11-13/h3,5,7,9-10,13H,4,6,8,11H2,1-2H3,(H,21,22,23)/t13-/m1/s1. The zero-order valence-corrected chi connectivity index (χ0v) is 16.6. The lowest BCUT2D eigenvalue weighted by Crippen LogP contribution is -2.21. The number of aryl methyl sites for hydroxylation is 2. The van der Waals surface area contributed by atoms with Crippen molar-refractivity contribution in [1.29, 1.82) is 0 Å². The molecule has 1 aliphatic rings. The monoisotopic (exact) mass is 395 g/mol. The third kappa shape index (κ3) is 3.27. The number of anilines is 1. The first-order chi connectivity index (χ1) is 13.7. The second-order valence-electron chi connectivity index (χ2n) is 7.10. The highest BCUT2D eigenvalue weighted by atomic mass is 32.1. The number of fused-ring (bicyclic) bond motifs is 1. The predicted octanol–water partition coefficient (Wildman–Crippen LogP) is 2.71. The molecule has 0 spiro atoms. The Morgan fingerprint density at radius 3 is 3.00 bits per heavy atom. The molecule has 9 heteroatoms. The van der Waals surface area contributed by atoms with Crippen LogP contribution in [0, 0.1) is 6.92 Å². The average Bonchev–Trinajstić information content (AvgIpc) is 3.43. The van der Waals surface area contributed by atoms with E-state index in [-0.39, 0.29) is 6.04 Å². The van der Waals surface area contributed by atoms with Gasteiger partial charge in [-0.3, -0.25) is 4.68 Å². The van der Waals surface area contributed by atoms with Crippen LogP contribution in [-0.2, 0) is 18.2 Å². The van der Waals surface area contributed by atoms with E-state index in [1.54, 1.807) is 4.68 Å². The van der Waals surface area contributed by atoms with Crippen LogP contribution in [0.4, 0.5) is 5.82 Å². The topological polar surface area (TPSA) is 82.7 Å². The molecular weight excluding hydrogens is 374 g/mol. The third-order valence-corrected chi connectivity index (χ3v) is 5.70. The van der Waals surface area contributed by atoms with Crippen molar-refractivity contribution in [2.24, 2.45) is 7.05 Å². The second-order valence-corrected chi connectivity index (χ2v) is 7.99. The summed E-state index contributed by atoms with van der Waals surface area (Å²) >= 11 is 1.51. The van der Waals surface area contributed by atoms with Gasteiger partial charge in [0, 0.05) is 37.3 Å². The van der Waals surface area contributed by atoms with E-state index in [2.05, 4.69) is 25.4 Å². The molecule has 8 nitrogen and oxygen atoms in total. The first-order valence-corrected chi connectivity index (χ1v) is 10.1. The van der Waals surface area contributed by atoms with E-state index in [0.717, 1.165) is 47.1 Å². The Hall–Kier alpha value is -2.78. The lowest BCUT2D eigenvalue weighted by molar-refractivity contribution is 0.195. The molecular formula is C19H21N7OS. The first-order valence-electron chi connectivity index (χ1n) is 9.29. The summed E-state index contributed by atoms with van der Waals surface area (Å²) in [6.07, 6.45) is 7.50. The molecule has 0 aromatic carbocycles. The van der Waals surface area contributed by atoms with E-state index in [9.17, 15) is 0 Å². The summed E-state index contributed by atoms with van der Waals surface area (Å²) in [5.74, 6) is 1.63. The molecule has 0 saturated carbocycles. The van der Waals surface area contributed by atoms with Crippen molar-refractivity contribution in [1.82, 2.24) is 28.7 Å². The van der Waals surface area contributed by atoms with Gasteiger partial charge >= 0.3 is 0 Å². The van der Waals surface area contributed by atoms with Gasteiger partial charge in [-0.2, -0.15) is 9.47 Å². The Morgan fingerprint density at radius 2 is 2.29 bits per heavy atom. The van der Waals surface area contributed by atoms with Crippen molar-refractivity contribution in [2.45, 2.75) is 25.8 Å². The summed E-state index contributed by atoms with van der Waals surface area (Å²) in [4.78, 5) is 10.9. The molecule has 0 unspecified atom stereocenters. The van der Waals surface area contributed by atoms with Crippen molar-refractivity contribution < 1.29 is 4.74 Å². The van der Waals surface area contributed by atoms with Gasteiger partial charge < -0.3 is 14.6 Å². The van der Waals surface area contributed by atoms with Gasteiger partial charge in [-0.25, -0.2) is 9.97 Å². The maximum absolute atomic E-state index is 5.54. The quantitative estimate of drug-likeness (QED) is 0.559. The Bertz CT molecular complexity index is 1120. The molecule has 0 bridgehead atoms. The van der Waals surface area contributed by atoms with Crippen molar-refractivity contribution in [3.05, 3.63) is 47.1 Å². The predicted molar refractivity (Wildman–Crippen MR) is 108 cm³/mol. The molecule has 28 heavy (non-hydrogen) atoms. The zero-order chi connectivity index (χ0) is 19.1. The molecule has 0 aliphatic carbocycles. The number of nitrogens with one attached hydrogen (secondary N) is 1. The minimum absolute atomic E-state index is 0.258. The van der Waals surface area contributed by atoms with E-state index in [1.165, 1.54) is 16.4 Å². The van der Waals surface area contributed by atoms with Gasteiger partial charge in [-0.15, -0.1) is 0 Å². The highest BCUT2D eigenvalue weighted by Crippen LogP contribution is 2.27. The largest absolute Gasteiger partial charge is 0.379 e. The molecule has 1 fully saturated rings. The smallest absolute Gasteiger partial charge is 0.155 e. The van der Waals surface area contributed by atoms with Crippen LogP contribution in [0.2, 0.25) is 0 Å². The van der Waals surface area contributed by atoms with Crippen LogP contribution in [0.15, 0.2) is 30.7 Å². The Kier molecular flexibility index (Phi) is 4.33. The summed E-state index contributed by atoms with van der Waals surface area (Å²) in [5, 5.41) is 7.88. The summed E-state index contributed by atoms with van der Waals surface area (Å²) in [7, 11) is 1.91. The molecule has 5 heterocycles. The number of nitrogens with zero attached hydrogens (tertiary/aromatic N) is 6. The lowest BCUT2D eigenvalue weighted by atomic mass is 10.2. The maximum Gasteiger partial charge on any atom is 0.155 e. The molecule has 1 saturated heterocycles. The van der Waals surface area contributed by atoms with Crippen LogP contribution in [-0.4, -0.2) is 47.9 Å². The zero-order valence-electron chi connectivity index (χ0n) is 15.8. The van der Waals surface area contributed by atoms with E-state index in [0.29, 0.717) is 13.0 Å². The van der Waals surface area contributed by atoms with Gasteiger partial charge in [0.15, 0.2) is 5.82 Å². The van der Waals surface area contributed by atoms with Crippen LogP contribution < -0.4 is 5.32 Å². The van der Waals surface area contributed by atoms with Crippen LogP contribution in [0.3, 0.4) is 0 Å². The summed E-state index contributed by atoms with van der Waals surface area (Å²) in [6.45, 7) is 3.48. The number of rotatable bonds is 5. The summed E-state index contributed by atoms with van der Waals surface area (Å²) in [5.41, 5.74) is 3.89.